The Morgan fingerprint density at radius 3 is 2.41 bits per heavy atom. The molecule has 0 unspecified atom stereocenters. The smallest absolute Gasteiger partial charge is 0.335 e. The molecule has 0 saturated carbocycles. The van der Waals surface area contributed by atoms with Crippen molar-refractivity contribution in [2.45, 2.75) is 24.8 Å². The monoisotopic (exact) mass is 277 g/mol. The second-order valence-corrected chi connectivity index (χ2v) is 5.82. The summed E-state index contributed by atoms with van der Waals surface area (Å²) in [6.45, 7) is 3.36. The van der Waals surface area contributed by atoms with Crippen molar-refractivity contribution >= 4 is 27.6 Å². The van der Waals surface area contributed by atoms with E-state index in [4.69, 9.17) is 16.7 Å². The Bertz CT molecular complexity index is 539. The molecule has 0 fully saturated rings. The van der Waals surface area contributed by atoms with Crippen LogP contribution in [0.5, 0.6) is 0 Å². The minimum Gasteiger partial charge on any atom is -0.478 e. The van der Waals surface area contributed by atoms with E-state index >= 15 is 0 Å². The topological polar surface area (TPSA) is 83.5 Å². The molecule has 0 aliphatic rings. The Hall–Kier alpha value is -1.11. The van der Waals surface area contributed by atoms with E-state index in [1.165, 1.54) is 12.1 Å². The van der Waals surface area contributed by atoms with Gasteiger partial charge in [0, 0.05) is 6.04 Å². The molecule has 0 aliphatic heterocycles. The fraction of sp³-hybridized carbons (Fsp3) is 0.300. The maximum absolute atomic E-state index is 11.8. The molecule has 0 atom stereocenters. The van der Waals surface area contributed by atoms with Crippen LogP contribution in [0.2, 0.25) is 5.02 Å². The van der Waals surface area contributed by atoms with E-state index in [1.54, 1.807) is 13.8 Å². The highest BCUT2D eigenvalue weighted by Gasteiger charge is 2.19. The van der Waals surface area contributed by atoms with Gasteiger partial charge in [-0.05, 0) is 32.0 Å². The summed E-state index contributed by atoms with van der Waals surface area (Å²) in [6, 6.07) is 3.22. The maximum Gasteiger partial charge on any atom is 0.335 e. The Labute approximate surface area is 104 Å². The lowest BCUT2D eigenvalue weighted by Crippen LogP contribution is -2.30. The predicted molar refractivity (Wildman–Crippen MR) is 63.9 cm³/mol. The number of sulfonamides is 1. The van der Waals surface area contributed by atoms with E-state index in [-0.39, 0.29) is 21.5 Å². The highest BCUT2D eigenvalue weighted by atomic mass is 35.5. The molecule has 0 saturated heterocycles. The minimum atomic E-state index is -3.71. The molecule has 17 heavy (non-hydrogen) atoms. The number of carboxylic acid groups (broad SMARTS) is 1. The van der Waals surface area contributed by atoms with Crippen molar-refractivity contribution in [2.75, 3.05) is 0 Å². The molecule has 7 heteroatoms. The van der Waals surface area contributed by atoms with Crippen molar-refractivity contribution in [3.05, 3.63) is 28.8 Å². The molecule has 0 aliphatic carbocycles. The Kier molecular flexibility index (Phi) is 4.13. The van der Waals surface area contributed by atoms with Crippen LogP contribution in [0.1, 0.15) is 24.2 Å². The standard InChI is InChI=1S/C10H12ClNO4S/c1-6(2)12-17(15,16)9-4-3-7(10(13)14)5-8(9)11/h3-6,12H,1-2H3,(H,13,14). The largest absolute Gasteiger partial charge is 0.478 e. The molecule has 0 amide bonds. The van der Waals surface area contributed by atoms with Crippen molar-refractivity contribution in [3.63, 3.8) is 0 Å². The van der Waals surface area contributed by atoms with Crippen molar-refractivity contribution in [1.82, 2.24) is 4.72 Å². The number of hydrogen-bond acceptors (Lipinski definition) is 3. The van der Waals surface area contributed by atoms with Gasteiger partial charge in [-0.15, -0.1) is 0 Å². The normalized spacial score (nSPS) is 11.8. The lowest BCUT2D eigenvalue weighted by Gasteiger charge is -2.11. The number of hydrogen-bond donors (Lipinski definition) is 2. The van der Waals surface area contributed by atoms with E-state index < -0.39 is 16.0 Å². The van der Waals surface area contributed by atoms with Crippen LogP contribution in [-0.4, -0.2) is 25.5 Å². The molecular formula is C10H12ClNO4S. The lowest BCUT2D eigenvalue weighted by atomic mass is 10.2. The van der Waals surface area contributed by atoms with Crippen LogP contribution in [-0.2, 0) is 10.0 Å². The molecule has 0 aromatic heterocycles. The average molecular weight is 278 g/mol. The van der Waals surface area contributed by atoms with E-state index in [0.29, 0.717) is 0 Å². The first kappa shape index (κ1) is 14.0. The summed E-state index contributed by atoms with van der Waals surface area (Å²) < 4.78 is 26.0. The van der Waals surface area contributed by atoms with Crippen LogP contribution < -0.4 is 4.72 Å². The summed E-state index contributed by atoms with van der Waals surface area (Å²) >= 11 is 5.76. The molecule has 94 valence electrons. The molecule has 1 aromatic rings. The van der Waals surface area contributed by atoms with E-state index in [2.05, 4.69) is 4.72 Å². The summed E-state index contributed by atoms with van der Waals surface area (Å²) in [5.74, 6) is -1.16. The quantitative estimate of drug-likeness (QED) is 0.878. The number of aromatic carboxylic acids is 1. The van der Waals surface area contributed by atoms with Gasteiger partial charge < -0.3 is 5.11 Å². The van der Waals surface area contributed by atoms with Crippen LogP contribution in [0, 0.1) is 0 Å². The molecule has 0 spiro atoms. The van der Waals surface area contributed by atoms with Crippen molar-refractivity contribution in [2.24, 2.45) is 0 Å². The van der Waals surface area contributed by atoms with E-state index in [1.807, 2.05) is 0 Å². The Balaban J connectivity index is 3.21. The fourth-order valence-electron chi connectivity index (χ4n) is 1.23. The summed E-state index contributed by atoms with van der Waals surface area (Å²) in [5, 5.41) is 8.61. The zero-order valence-electron chi connectivity index (χ0n) is 9.27. The van der Waals surface area contributed by atoms with Crippen LogP contribution in [0.25, 0.3) is 0 Å². The van der Waals surface area contributed by atoms with Gasteiger partial charge in [-0.3, -0.25) is 0 Å². The van der Waals surface area contributed by atoms with Gasteiger partial charge in [-0.1, -0.05) is 11.6 Å². The lowest BCUT2D eigenvalue weighted by molar-refractivity contribution is 0.0696. The summed E-state index contributed by atoms with van der Waals surface area (Å²) in [6.07, 6.45) is 0. The summed E-state index contributed by atoms with van der Waals surface area (Å²) in [7, 11) is -3.71. The number of halogens is 1. The number of nitrogens with one attached hydrogen (secondary N) is 1. The van der Waals surface area contributed by atoms with Gasteiger partial charge in [0.05, 0.1) is 10.6 Å². The highest BCUT2D eigenvalue weighted by molar-refractivity contribution is 7.89. The molecule has 5 nitrogen and oxygen atoms in total. The van der Waals surface area contributed by atoms with Gasteiger partial charge in [0.1, 0.15) is 4.90 Å². The minimum absolute atomic E-state index is 0.0569. The maximum atomic E-state index is 11.8. The van der Waals surface area contributed by atoms with Crippen LogP contribution >= 0.6 is 11.6 Å². The van der Waals surface area contributed by atoms with E-state index in [9.17, 15) is 13.2 Å². The van der Waals surface area contributed by atoms with Crippen LogP contribution in [0.3, 0.4) is 0 Å². The molecule has 0 radical (unpaired) electrons. The molecule has 0 heterocycles. The summed E-state index contributed by atoms with van der Waals surface area (Å²) in [4.78, 5) is 10.5. The average Bonchev–Trinajstić information content (AvgIpc) is 2.14. The first-order chi connectivity index (χ1) is 7.74. The van der Waals surface area contributed by atoms with Gasteiger partial charge >= 0.3 is 5.97 Å². The van der Waals surface area contributed by atoms with Crippen molar-refractivity contribution in [1.29, 1.82) is 0 Å². The molecule has 0 bridgehead atoms. The SMILES string of the molecule is CC(C)NS(=O)(=O)c1ccc(C(=O)O)cc1Cl. The van der Waals surface area contributed by atoms with Crippen LogP contribution in [0.15, 0.2) is 23.1 Å². The van der Waals surface area contributed by atoms with Crippen LogP contribution in [0.4, 0.5) is 0 Å². The zero-order chi connectivity index (χ0) is 13.2. The predicted octanol–water partition coefficient (Wildman–Crippen LogP) is 1.72. The zero-order valence-corrected chi connectivity index (χ0v) is 10.8. The molecular weight excluding hydrogens is 266 g/mol. The first-order valence-electron chi connectivity index (χ1n) is 4.79. The first-order valence-corrected chi connectivity index (χ1v) is 6.65. The van der Waals surface area contributed by atoms with Gasteiger partial charge in [-0.25, -0.2) is 17.9 Å². The third kappa shape index (κ3) is 3.42. The van der Waals surface area contributed by atoms with Gasteiger partial charge in [-0.2, -0.15) is 0 Å². The number of benzene rings is 1. The number of carboxylic acids is 1. The van der Waals surface area contributed by atoms with Crippen molar-refractivity contribution < 1.29 is 18.3 Å². The molecule has 2 N–H and O–H groups in total. The number of carbonyl (C=O) groups is 1. The highest BCUT2D eigenvalue weighted by Crippen LogP contribution is 2.22. The van der Waals surface area contributed by atoms with Gasteiger partial charge in [0.15, 0.2) is 0 Å². The summed E-state index contributed by atoms with van der Waals surface area (Å²) in [5.41, 5.74) is -0.0569. The molecule has 1 aromatic carbocycles. The second kappa shape index (κ2) is 5.03. The van der Waals surface area contributed by atoms with Crippen molar-refractivity contribution in [3.8, 4) is 0 Å². The Morgan fingerprint density at radius 1 is 1.41 bits per heavy atom. The van der Waals surface area contributed by atoms with Gasteiger partial charge in [0.25, 0.3) is 0 Å². The number of rotatable bonds is 4. The molecule has 1 rings (SSSR count). The van der Waals surface area contributed by atoms with E-state index in [0.717, 1.165) is 6.07 Å². The Morgan fingerprint density at radius 2 is 2.00 bits per heavy atom. The third-order valence-corrected chi connectivity index (χ3v) is 4.00. The second-order valence-electron chi connectivity index (χ2n) is 3.73. The third-order valence-electron chi connectivity index (χ3n) is 1.86. The fourth-order valence-corrected chi connectivity index (χ4v) is 3.02. The van der Waals surface area contributed by atoms with Gasteiger partial charge in [0.2, 0.25) is 10.0 Å².